The largest absolute Gasteiger partial charge is 0.349 e. The molecule has 0 N–H and O–H groups in total. The fourth-order valence-electron chi connectivity index (χ4n) is 5.49. The molecule has 0 amide bonds. The monoisotopic (exact) mass is 486 g/mol. The lowest BCUT2D eigenvalue weighted by Gasteiger charge is -2.40. The molecule has 2 aliphatic rings. The van der Waals surface area contributed by atoms with E-state index in [1.54, 1.807) is 12.1 Å². The molecule has 0 atom stereocenters. The summed E-state index contributed by atoms with van der Waals surface area (Å²) in [4.78, 5) is 0. The third-order valence-corrected chi connectivity index (χ3v) is 7.54. The van der Waals surface area contributed by atoms with Crippen LogP contribution >= 0.6 is 0 Å². The van der Waals surface area contributed by atoms with Crippen molar-refractivity contribution in [2.24, 2.45) is 5.92 Å². The van der Waals surface area contributed by atoms with Gasteiger partial charge in [-0.05, 0) is 74.5 Å². The van der Waals surface area contributed by atoms with Crippen molar-refractivity contribution in [3.05, 3.63) is 71.3 Å². The van der Waals surface area contributed by atoms with E-state index in [4.69, 9.17) is 9.47 Å². The summed E-state index contributed by atoms with van der Waals surface area (Å²) in [5.74, 6) is -0.818. The van der Waals surface area contributed by atoms with E-state index in [1.165, 1.54) is 5.56 Å². The molecule has 2 aromatic rings. The van der Waals surface area contributed by atoms with Crippen LogP contribution in [-0.4, -0.2) is 25.2 Å². The summed E-state index contributed by atoms with van der Waals surface area (Å²) in [6, 6.07) is 11.2. The second-order valence-electron chi connectivity index (χ2n) is 10.1. The predicted octanol–water partition coefficient (Wildman–Crippen LogP) is 8.30. The van der Waals surface area contributed by atoms with Crippen LogP contribution in [0.5, 0.6) is 0 Å². The molecular formula is C30H37F3O2. The highest BCUT2D eigenvalue weighted by molar-refractivity contribution is 5.65. The number of ether oxygens (including phenoxy) is 2. The topological polar surface area (TPSA) is 18.5 Å². The Morgan fingerprint density at radius 2 is 1.63 bits per heavy atom. The van der Waals surface area contributed by atoms with Gasteiger partial charge < -0.3 is 9.47 Å². The fraction of sp³-hybridized carbons (Fsp3) is 0.533. The Bertz CT molecular complexity index is 985. The van der Waals surface area contributed by atoms with Gasteiger partial charge in [-0.3, -0.25) is 0 Å². The van der Waals surface area contributed by atoms with Gasteiger partial charge in [-0.15, -0.1) is 0 Å². The van der Waals surface area contributed by atoms with Crippen molar-refractivity contribution in [1.82, 2.24) is 0 Å². The Kier molecular flexibility index (Phi) is 8.72. The highest BCUT2D eigenvalue weighted by Crippen LogP contribution is 2.40. The molecule has 4 rings (SSSR count). The minimum atomic E-state index is -1.35. The van der Waals surface area contributed by atoms with Crippen LogP contribution in [0.3, 0.4) is 0 Å². The summed E-state index contributed by atoms with van der Waals surface area (Å²) in [6.45, 7) is 4.14. The minimum absolute atomic E-state index is 0.126. The van der Waals surface area contributed by atoms with E-state index >= 15 is 0 Å². The van der Waals surface area contributed by atoms with Crippen molar-refractivity contribution in [1.29, 1.82) is 0 Å². The molecule has 2 aromatic carbocycles. The molecule has 1 aliphatic carbocycles. The average molecular weight is 487 g/mol. The lowest BCUT2D eigenvalue weighted by Crippen LogP contribution is -2.46. The van der Waals surface area contributed by atoms with Crippen LogP contribution in [0.1, 0.15) is 75.8 Å². The standard InChI is InChI=1S/C30H37F3O2/c1-3-5-6-7-24-16-17-26(28(32)27(24)31)23-12-8-21(9-13-23)22-10-14-25(15-11-22)29-34-19-30(33,18-4-2)20-35-29/h3,5,8-9,12-13,16-17,22,25,29H,4,6-7,10-11,14-15,18-20H2,1-2H3. The van der Waals surface area contributed by atoms with E-state index < -0.39 is 17.3 Å². The number of alkyl halides is 1. The van der Waals surface area contributed by atoms with Crippen molar-refractivity contribution < 1.29 is 22.6 Å². The van der Waals surface area contributed by atoms with Gasteiger partial charge in [0.1, 0.15) is 0 Å². The number of hydrogen-bond acceptors (Lipinski definition) is 2. The Morgan fingerprint density at radius 1 is 0.943 bits per heavy atom. The van der Waals surface area contributed by atoms with Crippen molar-refractivity contribution in [3.63, 3.8) is 0 Å². The van der Waals surface area contributed by atoms with Gasteiger partial charge in [0.25, 0.3) is 0 Å². The van der Waals surface area contributed by atoms with Crippen LogP contribution in [0, 0.1) is 17.6 Å². The van der Waals surface area contributed by atoms with E-state index in [2.05, 4.69) is 0 Å². The first-order valence-electron chi connectivity index (χ1n) is 13.0. The summed E-state index contributed by atoms with van der Waals surface area (Å²) in [5, 5.41) is 0. The SMILES string of the molecule is CC=CCCc1ccc(-c2ccc(C3CCC(C4OCC(F)(CCC)CO4)CC3)cc2)c(F)c1F. The maximum absolute atomic E-state index is 14.8. The maximum Gasteiger partial charge on any atom is 0.166 e. The number of aryl methyl sites for hydroxylation is 1. The lowest BCUT2D eigenvalue weighted by atomic mass is 9.78. The van der Waals surface area contributed by atoms with Crippen molar-refractivity contribution in [2.75, 3.05) is 13.2 Å². The smallest absolute Gasteiger partial charge is 0.166 e. The molecule has 0 radical (unpaired) electrons. The molecule has 2 nitrogen and oxygen atoms in total. The quantitative estimate of drug-likeness (QED) is 0.349. The van der Waals surface area contributed by atoms with Crippen LogP contribution in [0.2, 0.25) is 0 Å². The van der Waals surface area contributed by atoms with Crippen LogP contribution in [-0.2, 0) is 15.9 Å². The summed E-state index contributed by atoms with van der Waals surface area (Å²) in [7, 11) is 0. The van der Waals surface area contributed by atoms with E-state index in [0.717, 1.165) is 32.1 Å². The zero-order valence-corrected chi connectivity index (χ0v) is 20.9. The molecule has 5 heteroatoms. The number of allylic oxidation sites excluding steroid dienone is 2. The highest BCUT2D eigenvalue weighted by atomic mass is 19.2. The first-order chi connectivity index (χ1) is 16.9. The van der Waals surface area contributed by atoms with Gasteiger partial charge in [-0.25, -0.2) is 13.2 Å². The lowest BCUT2D eigenvalue weighted by molar-refractivity contribution is -0.257. The highest BCUT2D eigenvalue weighted by Gasteiger charge is 2.40. The summed E-state index contributed by atoms with van der Waals surface area (Å²) in [6.07, 6.45) is 9.94. The van der Waals surface area contributed by atoms with Gasteiger partial charge in [0.15, 0.2) is 23.6 Å². The molecule has 1 aliphatic heterocycles. The van der Waals surface area contributed by atoms with E-state index in [0.29, 0.717) is 47.8 Å². The molecule has 0 aromatic heterocycles. The van der Waals surface area contributed by atoms with Crippen LogP contribution in [0.4, 0.5) is 13.2 Å². The maximum atomic E-state index is 14.8. The molecule has 190 valence electrons. The van der Waals surface area contributed by atoms with Gasteiger partial charge in [0.2, 0.25) is 0 Å². The molecule has 1 saturated heterocycles. The molecule has 1 saturated carbocycles. The van der Waals surface area contributed by atoms with E-state index in [1.807, 2.05) is 50.3 Å². The Hall–Kier alpha value is -2.11. The van der Waals surface area contributed by atoms with Gasteiger partial charge in [-0.1, -0.05) is 61.9 Å². The van der Waals surface area contributed by atoms with Crippen LogP contribution in [0.15, 0.2) is 48.6 Å². The first kappa shape index (κ1) is 26.0. The predicted molar refractivity (Wildman–Crippen MR) is 134 cm³/mol. The Morgan fingerprint density at radius 3 is 2.26 bits per heavy atom. The number of rotatable bonds is 8. The van der Waals surface area contributed by atoms with Gasteiger partial charge in [-0.2, -0.15) is 0 Å². The zero-order valence-electron chi connectivity index (χ0n) is 20.9. The molecule has 0 spiro atoms. The molecule has 35 heavy (non-hydrogen) atoms. The van der Waals surface area contributed by atoms with E-state index in [9.17, 15) is 13.2 Å². The minimum Gasteiger partial charge on any atom is -0.349 e. The molecular weight excluding hydrogens is 449 g/mol. The Labute approximate surface area is 207 Å². The molecule has 1 heterocycles. The van der Waals surface area contributed by atoms with Crippen molar-refractivity contribution in [2.45, 2.75) is 83.1 Å². The summed E-state index contributed by atoms with van der Waals surface area (Å²) in [5.41, 5.74) is 1.26. The molecule has 0 unspecified atom stereocenters. The van der Waals surface area contributed by atoms with Crippen LogP contribution < -0.4 is 0 Å². The van der Waals surface area contributed by atoms with E-state index in [-0.39, 0.29) is 19.5 Å². The second kappa shape index (κ2) is 11.7. The third-order valence-electron chi connectivity index (χ3n) is 7.54. The van der Waals surface area contributed by atoms with Crippen LogP contribution in [0.25, 0.3) is 11.1 Å². The number of halogens is 3. The zero-order chi connectivity index (χ0) is 24.8. The number of benzene rings is 2. The first-order valence-corrected chi connectivity index (χ1v) is 13.0. The van der Waals surface area contributed by atoms with Crippen molar-refractivity contribution in [3.8, 4) is 11.1 Å². The Balaban J connectivity index is 1.33. The molecule has 2 fully saturated rings. The van der Waals surface area contributed by atoms with Gasteiger partial charge in [0.05, 0.1) is 13.2 Å². The fourth-order valence-corrected chi connectivity index (χ4v) is 5.49. The molecule has 0 bridgehead atoms. The second-order valence-corrected chi connectivity index (χ2v) is 10.1. The summed E-state index contributed by atoms with van der Waals surface area (Å²) >= 11 is 0. The van der Waals surface area contributed by atoms with Crippen molar-refractivity contribution >= 4 is 0 Å². The third kappa shape index (κ3) is 6.18. The number of hydrogen-bond donors (Lipinski definition) is 0. The van der Waals surface area contributed by atoms with Gasteiger partial charge in [0, 0.05) is 11.5 Å². The normalized spacial score (nSPS) is 27.4. The average Bonchev–Trinajstić information content (AvgIpc) is 2.88. The van der Waals surface area contributed by atoms with Gasteiger partial charge >= 0.3 is 0 Å². The summed E-state index contributed by atoms with van der Waals surface area (Å²) < 4.78 is 55.5.